The lowest BCUT2D eigenvalue weighted by Gasteiger charge is -2.40. The van der Waals surface area contributed by atoms with E-state index >= 15 is 0 Å². The van der Waals surface area contributed by atoms with Crippen LogP contribution in [0.1, 0.15) is 143 Å². The van der Waals surface area contributed by atoms with E-state index in [0.29, 0.717) is 96.5 Å². The SMILES string of the molecule is COc1cc([C@@H]2c3cc4c(cc3[C@@H](Nc3ccc(NC(=O)CCN5C(=O)CC(SC[C@H](N)C(=O)NCCC(=O)N[C@@H](CCCNC(=N)N)C(=O)N[C@@H](CCCNC(=N)N)C(=O)N[C@@H](CCSC)C(=O)N[C@@H](CCCCN)C(=O)N[C@@H](Cc6c[nH]c7ccccc67)C(=O)N[C@@H](CCCCN)C(=O)N[C@@H](CCCCN)C(N)=O)C5=O)cc3)[C@H]3COC(=O)C23)OCO4)cc(OC)c1OC. The number of methoxy groups -OCH3 is 3. The highest BCUT2D eigenvalue weighted by Crippen LogP contribution is 2.56. The van der Waals surface area contributed by atoms with Crippen LogP contribution in [0.4, 0.5) is 11.4 Å². The number of guanidine groups is 2. The molecule has 0 saturated carbocycles. The van der Waals surface area contributed by atoms with Crippen LogP contribution >= 0.6 is 23.5 Å². The zero-order valence-corrected chi connectivity index (χ0v) is 75.7. The van der Waals surface area contributed by atoms with Crippen LogP contribution < -0.4 is 128 Å². The minimum atomic E-state index is -1.42. The molecule has 0 radical (unpaired) electrons. The lowest BCUT2D eigenvalue weighted by Crippen LogP contribution is -2.60. The van der Waals surface area contributed by atoms with Crippen molar-refractivity contribution in [1.82, 2.24) is 63.1 Å². The minimum absolute atomic E-state index is 0.00124. The van der Waals surface area contributed by atoms with Crippen molar-refractivity contribution in [3.05, 3.63) is 101 Å². The van der Waals surface area contributed by atoms with E-state index in [0.717, 1.165) is 44.3 Å². The van der Waals surface area contributed by atoms with E-state index < -0.39 is 149 Å². The van der Waals surface area contributed by atoms with Crippen molar-refractivity contribution in [3.8, 4) is 28.7 Å². The number of anilines is 2. The summed E-state index contributed by atoms with van der Waals surface area (Å²) in [6.45, 7) is 0.607. The summed E-state index contributed by atoms with van der Waals surface area (Å²) >= 11 is 2.32. The lowest BCUT2D eigenvalue weighted by molar-refractivity contribution is -0.142. The maximum atomic E-state index is 14.9. The largest absolute Gasteiger partial charge is 0.493 e. The Balaban J connectivity index is 0.784. The molecule has 2 unspecified atom stereocenters. The molecule has 0 bridgehead atoms. The zero-order valence-electron chi connectivity index (χ0n) is 74.1. The third kappa shape index (κ3) is 29.3. The highest BCUT2D eigenvalue weighted by Gasteiger charge is 2.53. The van der Waals surface area contributed by atoms with Gasteiger partial charge in [-0.3, -0.25) is 78.0 Å². The molecule has 4 heterocycles. The van der Waals surface area contributed by atoms with Gasteiger partial charge in [-0.1, -0.05) is 18.2 Å². The molecule has 5 aromatic rings. The summed E-state index contributed by atoms with van der Waals surface area (Å²) in [7, 11) is 4.54. The van der Waals surface area contributed by atoms with Crippen LogP contribution in [0.5, 0.6) is 28.7 Å². The fourth-order valence-electron chi connectivity index (χ4n) is 16.1. The van der Waals surface area contributed by atoms with Gasteiger partial charge in [-0.2, -0.15) is 11.8 Å². The van der Waals surface area contributed by atoms with Crippen molar-refractivity contribution in [2.45, 2.75) is 181 Å². The standard InChI is InChI=1S/C87H125N23O19S2/c1-124-66-38-47(39-67(125-2)75(66)126-3)72-52-40-64-65(129-46-128-64)41-53(52)74(54-44-127-85(123)73(54)72)102-50-24-22-49(23-25-50)101-70(112)27-35-110-71(113)42-68(84(110)122)131-45-55(91)77(115)97-34-26-69(111)103-58(20-13-32-98-86(93)94)78(116)106-61(21-14-33-99-87(95)96)80(118)108-62(28-36-130-4)82(120)105-60(19-9-12-31-90)81(119)109-63(37-48-43-100-56-16-6-5-15-51(48)56)83(121)107-59(18-8-11-30-89)79(117)104-57(76(92)114)17-7-10-29-88/h5-6,15-16,22-25,38-41,43,54-55,57-63,68,72-74,100,102H,7-14,17-21,26-37,42,44-46,88-91H2,1-4H3,(H2,92,114)(H,97,115)(H,101,112)(H,103,111)(H,104,117)(H,105,120)(H,106,116)(H,107,121)(H,108,118)(H,109,119)(H4,93,94,98)(H4,95,96,99)/t54-,55-,57-,58-,59-,60-,61-,62-,63-,68?,72+,73?,74+/m0/s1. The van der Waals surface area contributed by atoms with Crippen LogP contribution in [-0.2, 0) is 73.5 Å². The van der Waals surface area contributed by atoms with Crippen LogP contribution in [0.2, 0.25) is 0 Å². The summed E-state index contributed by atoms with van der Waals surface area (Å²) in [6, 6.07) is 10.8. The van der Waals surface area contributed by atoms with Gasteiger partial charge >= 0.3 is 5.97 Å². The molecule has 12 amide bonds. The Morgan fingerprint density at radius 3 is 1.62 bits per heavy atom. The Labute approximate surface area is 767 Å². The van der Waals surface area contributed by atoms with E-state index in [9.17, 15) is 62.3 Å². The van der Waals surface area contributed by atoms with Crippen molar-refractivity contribution in [3.63, 3.8) is 0 Å². The summed E-state index contributed by atoms with van der Waals surface area (Å²) in [6.07, 6.45) is 5.52. The minimum Gasteiger partial charge on any atom is -0.493 e. The van der Waals surface area contributed by atoms with E-state index in [1.54, 1.807) is 42.8 Å². The number of ether oxygens (including phenoxy) is 6. The number of thioether (sulfide) groups is 2. The van der Waals surface area contributed by atoms with Gasteiger partial charge in [0.05, 0.1) is 51.2 Å². The van der Waals surface area contributed by atoms with Crippen molar-refractivity contribution >= 4 is 135 Å². The maximum Gasteiger partial charge on any atom is 0.310 e. The number of rotatable bonds is 56. The molecule has 2 saturated heterocycles. The van der Waals surface area contributed by atoms with E-state index in [-0.39, 0.29) is 153 Å². The van der Waals surface area contributed by atoms with Crippen LogP contribution in [0.15, 0.2) is 79.0 Å². The fraction of sp³-hybridized carbons (Fsp3) is 0.529. The van der Waals surface area contributed by atoms with Gasteiger partial charge in [-0.25, -0.2) is 0 Å². The number of H-pyrrole nitrogens is 1. The molecule has 44 heteroatoms. The molecular weight excluding hydrogens is 1740 g/mol. The molecule has 42 nitrogen and oxygen atoms in total. The molecule has 4 aliphatic rings. The number of aromatic amines is 1. The number of carbonyl (C=O) groups is 13. The molecule has 29 N–H and O–H groups in total. The first-order valence-electron chi connectivity index (χ1n) is 43.8. The molecule has 2 fully saturated rings. The molecule has 714 valence electrons. The number of imide groups is 1. The first kappa shape index (κ1) is 102. The van der Waals surface area contributed by atoms with Crippen molar-refractivity contribution in [2.75, 3.05) is 109 Å². The Morgan fingerprint density at radius 2 is 1.08 bits per heavy atom. The third-order valence-corrected chi connectivity index (χ3v) is 24.9. The number of carbonyl (C=O) groups excluding carboxylic acids is 13. The van der Waals surface area contributed by atoms with E-state index in [2.05, 4.69) is 68.8 Å². The van der Waals surface area contributed by atoms with Gasteiger partial charge < -0.3 is 137 Å². The molecule has 1 aromatic heterocycles. The van der Waals surface area contributed by atoms with Gasteiger partial charge in [0.15, 0.2) is 34.9 Å². The quantitative estimate of drug-likeness (QED) is 0.00789. The predicted octanol–water partition coefficient (Wildman–Crippen LogP) is -0.179. The van der Waals surface area contributed by atoms with Gasteiger partial charge in [0.25, 0.3) is 0 Å². The normalized spacial score (nSPS) is 17.7. The maximum absolute atomic E-state index is 14.9. The van der Waals surface area contributed by atoms with Crippen molar-refractivity contribution in [2.24, 2.45) is 52.0 Å². The van der Waals surface area contributed by atoms with Gasteiger partial charge in [0.1, 0.15) is 42.3 Å². The van der Waals surface area contributed by atoms with Gasteiger partial charge in [0.2, 0.25) is 83.4 Å². The van der Waals surface area contributed by atoms with Gasteiger partial charge in [-0.05, 0) is 198 Å². The number of aromatic nitrogens is 1. The lowest BCUT2D eigenvalue weighted by atomic mass is 9.65. The number of fused-ring (bicyclic) bond motifs is 4. The number of benzene rings is 4. The number of unbranched alkanes of at least 4 members (excludes halogenated alkanes) is 3. The van der Waals surface area contributed by atoms with Crippen molar-refractivity contribution in [1.29, 1.82) is 10.8 Å². The van der Waals surface area contributed by atoms with Crippen LogP contribution in [0.25, 0.3) is 10.9 Å². The molecule has 131 heavy (non-hydrogen) atoms. The third-order valence-electron chi connectivity index (χ3n) is 23.0. The Morgan fingerprint density at radius 1 is 0.565 bits per heavy atom. The first-order valence-corrected chi connectivity index (χ1v) is 46.2. The number of esters is 1. The van der Waals surface area contributed by atoms with E-state index in [4.69, 9.17) is 79.4 Å². The summed E-state index contributed by atoms with van der Waals surface area (Å²) in [5.74, 6) is -8.80. The number of amides is 12. The number of primary amides is 1. The van der Waals surface area contributed by atoms with Gasteiger partial charge in [0, 0.05) is 97.9 Å². The highest BCUT2D eigenvalue weighted by atomic mass is 32.2. The van der Waals surface area contributed by atoms with Crippen LogP contribution in [0, 0.1) is 22.7 Å². The second-order valence-electron chi connectivity index (χ2n) is 32.2. The monoisotopic (exact) mass is 1860 g/mol. The van der Waals surface area contributed by atoms with Crippen LogP contribution in [-0.4, -0.2) is 251 Å². The average Bonchev–Trinajstić information content (AvgIpc) is 1.64. The van der Waals surface area contributed by atoms with E-state index in [1.165, 1.54) is 33.1 Å². The number of nitrogens with one attached hydrogen (secondary N) is 15. The first-order chi connectivity index (χ1) is 63.0. The zero-order chi connectivity index (χ0) is 94.8. The van der Waals surface area contributed by atoms with Crippen molar-refractivity contribution < 1.29 is 90.8 Å². The number of likely N-dealkylation sites (tertiary alicyclic amines) is 1. The average molecular weight is 1860 g/mol. The number of para-hydroxylation sites is 1. The molecular formula is C87H125N23O19S2. The second-order valence-corrected chi connectivity index (χ2v) is 34.4. The molecule has 13 atom stereocenters. The number of nitrogens with two attached hydrogens (primary N) is 7. The topological polar surface area (TPSA) is 671 Å². The number of cyclic esters (lactones) is 1. The molecule has 3 aliphatic heterocycles. The smallest absolute Gasteiger partial charge is 0.310 e. The highest BCUT2D eigenvalue weighted by molar-refractivity contribution is 8.00. The predicted molar refractivity (Wildman–Crippen MR) is 492 cm³/mol. The van der Waals surface area contributed by atoms with E-state index in [1.807, 2.05) is 42.5 Å². The Hall–Kier alpha value is -12.4. The molecule has 0 spiro atoms. The number of nitrogens with zero attached hydrogens (tertiary/aromatic N) is 1. The summed E-state index contributed by atoms with van der Waals surface area (Å²) < 4.78 is 34.5. The van der Waals surface area contributed by atoms with Gasteiger partial charge in [-0.15, -0.1) is 11.8 Å². The summed E-state index contributed by atoms with van der Waals surface area (Å²) in [4.78, 5) is 186. The Bertz CT molecular complexity index is 4810. The molecule has 9 rings (SSSR count). The number of hydrogen-bond acceptors (Lipinski definition) is 28. The molecule has 1 aliphatic carbocycles. The summed E-state index contributed by atoms with van der Waals surface area (Å²) in [5.41, 5.74) is 45.4. The second kappa shape index (κ2) is 51.3. The fourth-order valence-corrected chi connectivity index (χ4v) is 17.7. The summed E-state index contributed by atoms with van der Waals surface area (Å²) in [5, 5.41) is 48.8. The van der Waals surface area contributed by atoms with Crippen LogP contribution in [0.3, 0.4) is 0 Å². The number of hydrogen-bond donors (Lipinski definition) is 22. The Kier molecular flexibility index (Phi) is 40.1. The molecule has 4 aromatic carbocycles.